The lowest BCUT2D eigenvalue weighted by Gasteiger charge is -2.08. The average Bonchev–Trinajstić information content (AvgIpc) is 3.23. The number of rotatable bonds is 8. The lowest BCUT2D eigenvalue weighted by Crippen LogP contribution is -2.22. The molecule has 0 aliphatic rings. The van der Waals surface area contributed by atoms with Crippen molar-refractivity contribution >= 4 is 17.0 Å². The van der Waals surface area contributed by atoms with Gasteiger partial charge in [-0.25, -0.2) is 4.98 Å². The van der Waals surface area contributed by atoms with Crippen molar-refractivity contribution in [3.8, 4) is 17.2 Å². The van der Waals surface area contributed by atoms with E-state index in [2.05, 4.69) is 17.2 Å². The van der Waals surface area contributed by atoms with Gasteiger partial charge in [0.1, 0.15) is 11.3 Å². The van der Waals surface area contributed by atoms with Crippen LogP contribution in [0.2, 0.25) is 0 Å². The third-order valence-electron chi connectivity index (χ3n) is 4.83. The predicted molar refractivity (Wildman–Crippen MR) is 117 cm³/mol. The lowest BCUT2D eigenvalue weighted by atomic mass is 10.1. The minimum atomic E-state index is -0.113. The highest BCUT2D eigenvalue weighted by Crippen LogP contribution is 2.24. The zero-order valence-electron chi connectivity index (χ0n) is 16.9. The monoisotopic (exact) mass is 400 g/mol. The number of nitrogens with one attached hydrogen (secondary N) is 1. The molecule has 0 aliphatic heterocycles. The van der Waals surface area contributed by atoms with E-state index in [1.165, 1.54) is 0 Å². The molecule has 1 amide bonds. The topological polar surface area (TPSA) is 64.4 Å². The Bertz CT molecular complexity index is 1080. The van der Waals surface area contributed by atoms with E-state index in [0.717, 1.165) is 40.8 Å². The summed E-state index contributed by atoms with van der Waals surface area (Å²) >= 11 is 0. The number of hydrogen-bond donors (Lipinski definition) is 1. The van der Waals surface area contributed by atoms with Crippen molar-refractivity contribution in [1.82, 2.24) is 10.3 Å². The first-order valence-corrected chi connectivity index (χ1v) is 10.2. The zero-order valence-corrected chi connectivity index (χ0v) is 16.9. The van der Waals surface area contributed by atoms with Gasteiger partial charge in [0, 0.05) is 17.7 Å². The first-order valence-electron chi connectivity index (χ1n) is 10.2. The van der Waals surface area contributed by atoms with Gasteiger partial charge in [-0.1, -0.05) is 37.6 Å². The fraction of sp³-hybridized carbons (Fsp3) is 0.200. The number of aromatic nitrogens is 1. The molecule has 1 N–H and O–H groups in total. The number of carbonyl (C=O) groups is 1. The first-order chi connectivity index (χ1) is 14.7. The first kappa shape index (κ1) is 19.7. The number of para-hydroxylation sites is 2. The van der Waals surface area contributed by atoms with Crippen LogP contribution < -0.4 is 10.1 Å². The highest BCUT2D eigenvalue weighted by Gasteiger charge is 2.09. The molecule has 0 atom stereocenters. The summed E-state index contributed by atoms with van der Waals surface area (Å²) in [7, 11) is 0. The molecule has 0 saturated carbocycles. The summed E-state index contributed by atoms with van der Waals surface area (Å²) in [5.41, 5.74) is 4.12. The number of nitrogens with zero attached hydrogens (tertiary/aromatic N) is 1. The molecule has 1 aromatic heterocycles. The van der Waals surface area contributed by atoms with Crippen LogP contribution in [-0.2, 0) is 6.54 Å². The Kier molecular flexibility index (Phi) is 6.09. The minimum absolute atomic E-state index is 0.113. The Morgan fingerprint density at radius 1 is 1.00 bits per heavy atom. The number of carbonyl (C=O) groups excluding carboxylic acids is 1. The molecule has 0 unspecified atom stereocenters. The van der Waals surface area contributed by atoms with Crippen LogP contribution in [0, 0.1) is 0 Å². The second-order valence-corrected chi connectivity index (χ2v) is 7.09. The number of hydrogen-bond acceptors (Lipinski definition) is 4. The molecule has 5 nitrogen and oxygen atoms in total. The van der Waals surface area contributed by atoms with Crippen LogP contribution in [-0.4, -0.2) is 17.5 Å². The average molecular weight is 400 g/mol. The molecular formula is C25H24N2O3. The third-order valence-corrected chi connectivity index (χ3v) is 4.83. The minimum Gasteiger partial charge on any atom is -0.494 e. The Balaban J connectivity index is 1.34. The van der Waals surface area contributed by atoms with Crippen molar-refractivity contribution in [2.45, 2.75) is 26.3 Å². The molecule has 30 heavy (non-hydrogen) atoms. The third kappa shape index (κ3) is 4.69. The number of ether oxygens (including phenoxy) is 1. The van der Waals surface area contributed by atoms with E-state index in [9.17, 15) is 4.79 Å². The molecule has 5 heteroatoms. The predicted octanol–water partition coefficient (Wildman–Crippen LogP) is 5.60. The lowest BCUT2D eigenvalue weighted by molar-refractivity contribution is 0.0951. The number of fused-ring (bicyclic) bond motifs is 1. The highest BCUT2D eigenvalue weighted by atomic mass is 16.5. The summed E-state index contributed by atoms with van der Waals surface area (Å²) in [6.07, 6.45) is 2.11. The van der Waals surface area contributed by atoms with Gasteiger partial charge in [-0.2, -0.15) is 0 Å². The standard InChI is InChI=1S/C25H24N2O3/c1-2-3-16-29-21-14-12-19(13-15-21)24(28)26-17-18-8-10-20(11-9-18)25-27-22-6-4-5-7-23(22)30-25/h4-15H,2-3,16-17H2,1H3,(H,26,28). The fourth-order valence-corrected chi connectivity index (χ4v) is 3.08. The van der Waals surface area contributed by atoms with E-state index in [4.69, 9.17) is 9.15 Å². The van der Waals surface area contributed by atoms with Crippen LogP contribution in [0.1, 0.15) is 35.7 Å². The maximum atomic E-state index is 12.4. The fourth-order valence-electron chi connectivity index (χ4n) is 3.08. The van der Waals surface area contributed by atoms with Gasteiger partial charge in [-0.15, -0.1) is 0 Å². The van der Waals surface area contributed by atoms with E-state index >= 15 is 0 Å². The molecule has 4 rings (SSSR count). The summed E-state index contributed by atoms with van der Waals surface area (Å²) in [4.78, 5) is 16.9. The van der Waals surface area contributed by atoms with Crippen molar-refractivity contribution in [3.05, 3.63) is 83.9 Å². The largest absolute Gasteiger partial charge is 0.494 e. The van der Waals surface area contributed by atoms with Crippen molar-refractivity contribution < 1.29 is 13.9 Å². The molecule has 0 fully saturated rings. The molecule has 3 aromatic carbocycles. The van der Waals surface area contributed by atoms with Gasteiger partial charge in [0.25, 0.3) is 5.91 Å². The van der Waals surface area contributed by atoms with E-state index in [1.54, 1.807) is 12.1 Å². The van der Waals surface area contributed by atoms with Gasteiger partial charge in [0.15, 0.2) is 5.58 Å². The summed E-state index contributed by atoms with van der Waals surface area (Å²) in [5.74, 6) is 1.26. The van der Waals surface area contributed by atoms with Gasteiger partial charge in [-0.3, -0.25) is 4.79 Å². The Morgan fingerprint density at radius 2 is 1.77 bits per heavy atom. The van der Waals surface area contributed by atoms with Crippen LogP contribution in [0.25, 0.3) is 22.6 Å². The SMILES string of the molecule is CCCCOc1ccc(C(=O)NCc2ccc(-c3nc4ccccc4o3)cc2)cc1. The summed E-state index contributed by atoms with van der Waals surface area (Å²) in [6.45, 7) is 3.27. The van der Waals surface area contributed by atoms with Crippen LogP contribution in [0.5, 0.6) is 5.75 Å². The van der Waals surface area contributed by atoms with Crippen LogP contribution in [0.15, 0.2) is 77.2 Å². The number of benzene rings is 3. The Labute approximate surface area is 175 Å². The zero-order chi connectivity index (χ0) is 20.8. The number of oxazole rings is 1. The Morgan fingerprint density at radius 3 is 2.50 bits per heavy atom. The molecular weight excluding hydrogens is 376 g/mol. The van der Waals surface area contributed by atoms with Gasteiger partial charge in [0.05, 0.1) is 6.61 Å². The van der Waals surface area contributed by atoms with Gasteiger partial charge >= 0.3 is 0 Å². The summed E-state index contributed by atoms with van der Waals surface area (Å²) < 4.78 is 11.4. The molecule has 0 saturated heterocycles. The van der Waals surface area contributed by atoms with E-state index in [1.807, 2.05) is 60.7 Å². The molecule has 0 radical (unpaired) electrons. The second-order valence-electron chi connectivity index (χ2n) is 7.09. The van der Waals surface area contributed by atoms with E-state index < -0.39 is 0 Å². The molecule has 0 aliphatic carbocycles. The van der Waals surface area contributed by atoms with Crippen molar-refractivity contribution in [2.75, 3.05) is 6.61 Å². The molecule has 0 bridgehead atoms. The normalized spacial score (nSPS) is 10.8. The van der Waals surface area contributed by atoms with Crippen LogP contribution in [0.3, 0.4) is 0 Å². The highest BCUT2D eigenvalue weighted by molar-refractivity contribution is 5.94. The van der Waals surface area contributed by atoms with Crippen molar-refractivity contribution in [2.24, 2.45) is 0 Å². The van der Waals surface area contributed by atoms with Gasteiger partial charge in [0.2, 0.25) is 5.89 Å². The molecule has 1 heterocycles. The summed E-state index contributed by atoms with van der Waals surface area (Å²) in [6, 6.07) is 22.8. The van der Waals surface area contributed by atoms with E-state index in [-0.39, 0.29) is 5.91 Å². The number of amides is 1. The molecule has 0 spiro atoms. The smallest absolute Gasteiger partial charge is 0.251 e. The van der Waals surface area contributed by atoms with Crippen molar-refractivity contribution in [1.29, 1.82) is 0 Å². The van der Waals surface area contributed by atoms with Crippen molar-refractivity contribution in [3.63, 3.8) is 0 Å². The van der Waals surface area contributed by atoms with Crippen LogP contribution >= 0.6 is 0 Å². The maximum Gasteiger partial charge on any atom is 0.251 e. The second kappa shape index (κ2) is 9.27. The Hall–Kier alpha value is -3.60. The number of unbranched alkanes of at least 4 members (excludes halogenated alkanes) is 1. The molecule has 4 aromatic rings. The van der Waals surface area contributed by atoms with Gasteiger partial charge < -0.3 is 14.5 Å². The maximum absolute atomic E-state index is 12.4. The van der Waals surface area contributed by atoms with Crippen LogP contribution in [0.4, 0.5) is 0 Å². The molecule has 152 valence electrons. The quantitative estimate of drug-likeness (QED) is 0.391. The summed E-state index contributed by atoms with van der Waals surface area (Å²) in [5, 5.41) is 2.95. The van der Waals surface area contributed by atoms with E-state index in [0.29, 0.717) is 24.6 Å². The van der Waals surface area contributed by atoms with Gasteiger partial charge in [-0.05, 0) is 60.5 Å².